The minimum Gasteiger partial charge on any atom is -0.459 e. The van der Waals surface area contributed by atoms with Crippen LogP contribution in [0.15, 0.2) is 0 Å². The summed E-state index contributed by atoms with van der Waals surface area (Å²) in [5.41, 5.74) is -0.537. The third kappa shape index (κ3) is 10.5. The molecule has 4 aliphatic rings. The number of likely N-dealkylation sites (tertiary alicyclic amines) is 1. The molecular formula is C30H55N5O5. The molecule has 2 heterocycles. The zero-order valence-corrected chi connectivity index (χ0v) is 25.1. The van der Waals surface area contributed by atoms with Gasteiger partial charge in [-0.1, -0.05) is 0 Å². The Morgan fingerprint density at radius 3 is 2.17 bits per heavy atom. The number of piperidine rings is 1. The van der Waals surface area contributed by atoms with Crippen molar-refractivity contribution in [3.63, 3.8) is 0 Å². The standard InChI is InChI=1S/C30H55N5O5/c1-30(2,3)40-27(37)20-31-28(38)22-6-4-21(5-7-22)23-18-32-29(33-19-23)34-24-8-10-26(11-9-24)39-17-16-35-14-12-25(36)13-15-35/h21-26,29,32-34,36H,4-20H2,1-3H3,(H,31,38). The number of carbonyl (C=O) groups excluding carboxylic acids is 2. The van der Waals surface area contributed by atoms with Crippen molar-refractivity contribution in [1.29, 1.82) is 0 Å². The van der Waals surface area contributed by atoms with E-state index in [0.29, 0.717) is 24.0 Å². The number of nitrogens with one attached hydrogen (secondary N) is 4. The number of carbonyl (C=O) groups is 2. The van der Waals surface area contributed by atoms with E-state index in [0.717, 1.165) is 104 Å². The van der Waals surface area contributed by atoms with Gasteiger partial charge in [0.1, 0.15) is 18.4 Å². The van der Waals surface area contributed by atoms with Crippen LogP contribution < -0.4 is 21.3 Å². The molecular weight excluding hydrogens is 510 g/mol. The number of esters is 1. The van der Waals surface area contributed by atoms with E-state index in [9.17, 15) is 14.7 Å². The molecule has 0 bridgehead atoms. The van der Waals surface area contributed by atoms with Gasteiger partial charge in [-0.25, -0.2) is 0 Å². The molecule has 2 saturated heterocycles. The molecule has 0 aromatic heterocycles. The van der Waals surface area contributed by atoms with Gasteiger partial charge in [0.2, 0.25) is 5.91 Å². The van der Waals surface area contributed by atoms with Crippen molar-refractivity contribution in [2.75, 3.05) is 45.9 Å². The van der Waals surface area contributed by atoms with Crippen LogP contribution >= 0.6 is 0 Å². The minimum absolute atomic E-state index is 0.00416. The smallest absolute Gasteiger partial charge is 0.325 e. The molecule has 10 heteroatoms. The number of aliphatic hydroxyl groups is 1. The van der Waals surface area contributed by atoms with Crippen molar-refractivity contribution >= 4 is 11.9 Å². The van der Waals surface area contributed by atoms with Crippen molar-refractivity contribution in [3.8, 4) is 0 Å². The summed E-state index contributed by atoms with van der Waals surface area (Å²) in [7, 11) is 0. The summed E-state index contributed by atoms with van der Waals surface area (Å²) in [5, 5.41) is 23.6. The summed E-state index contributed by atoms with van der Waals surface area (Å²) in [6.07, 6.45) is 10.6. The summed E-state index contributed by atoms with van der Waals surface area (Å²) in [6.45, 7) is 11.2. The minimum atomic E-state index is -0.537. The van der Waals surface area contributed by atoms with E-state index in [1.807, 2.05) is 20.8 Å². The number of amides is 1. The molecule has 1 amide bonds. The van der Waals surface area contributed by atoms with E-state index in [4.69, 9.17) is 9.47 Å². The van der Waals surface area contributed by atoms with E-state index in [1.54, 1.807) is 0 Å². The van der Waals surface area contributed by atoms with Crippen LogP contribution in [-0.2, 0) is 19.1 Å². The predicted molar refractivity (Wildman–Crippen MR) is 154 cm³/mol. The lowest BCUT2D eigenvalue weighted by Gasteiger charge is -2.40. The second kappa shape index (κ2) is 15.3. The molecule has 2 aliphatic carbocycles. The van der Waals surface area contributed by atoms with Gasteiger partial charge >= 0.3 is 5.97 Å². The molecule has 4 fully saturated rings. The molecule has 2 aliphatic heterocycles. The van der Waals surface area contributed by atoms with Gasteiger partial charge in [0.25, 0.3) is 0 Å². The average Bonchev–Trinajstić information content (AvgIpc) is 2.93. The van der Waals surface area contributed by atoms with Crippen LogP contribution in [0.25, 0.3) is 0 Å². The van der Waals surface area contributed by atoms with Crippen LogP contribution in [0.5, 0.6) is 0 Å². The first kappa shape index (κ1) is 31.6. The predicted octanol–water partition coefficient (Wildman–Crippen LogP) is 1.72. The van der Waals surface area contributed by atoms with Crippen molar-refractivity contribution < 1.29 is 24.2 Å². The Balaban J connectivity index is 1.04. The normalized spacial score (nSPS) is 32.9. The molecule has 2 saturated carbocycles. The van der Waals surface area contributed by atoms with Gasteiger partial charge in [-0.2, -0.15) is 0 Å². The molecule has 40 heavy (non-hydrogen) atoms. The van der Waals surface area contributed by atoms with Crippen molar-refractivity contribution in [3.05, 3.63) is 0 Å². The highest BCUT2D eigenvalue weighted by Crippen LogP contribution is 2.34. The van der Waals surface area contributed by atoms with Crippen LogP contribution in [0.1, 0.15) is 85.0 Å². The summed E-state index contributed by atoms with van der Waals surface area (Å²) in [5.74, 6) is 0.797. The third-order valence-electron chi connectivity index (χ3n) is 9.20. The fraction of sp³-hybridized carbons (Fsp3) is 0.933. The SMILES string of the molecule is CC(C)(C)OC(=O)CNC(=O)C1CCC(C2CNC(NC3CCC(OCCN4CCC(O)CC4)CC3)NC2)CC1. The summed E-state index contributed by atoms with van der Waals surface area (Å²) in [4.78, 5) is 26.9. The molecule has 0 atom stereocenters. The van der Waals surface area contributed by atoms with Gasteiger partial charge in [0.05, 0.1) is 18.8 Å². The number of nitrogens with zero attached hydrogens (tertiary/aromatic N) is 1. The van der Waals surface area contributed by atoms with E-state index in [1.165, 1.54) is 0 Å². The van der Waals surface area contributed by atoms with Gasteiger partial charge in [-0.05, 0) is 96.8 Å². The molecule has 0 radical (unpaired) electrons. The Morgan fingerprint density at radius 1 is 0.900 bits per heavy atom. The fourth-order valence-corrected chi connectivity index (χ4v) is 6.79. The maximum absolute atomic E-state index is 12.6. The van der Waals surface area contributed by atoms with Crippen LogP contribution in [0.2, 0.25) is 0 Å². The van der Waals surface area contributed by atoms with Crippen LogP contribution in [0, 0.1) is 17.8 Å². The molecule has 0 aromatic rings. The lowest BCUT2D eigenvalue weighted by molar-refractivity contribution is -0.154. The topological polar surface area (TPSA) is 124 Å². The Morgan fingerprint density at radius 2 is 1.55 bits per heavy atom. The number of hydrogen-bond acceptors (Lipinski definition) is 9. The van der Waals surface area contributed by atoms with Crippen LogP contribution in [0.3, 0.4) is 0 Å². The fourth-order valence-electron chi connectivity index (χ4n) is 6.79. The maximum atomic E-state index is 12.6. The quantitative estimate of drug-likeness (QED) is 0.252. The van der Waals surface area contributed by atoms with Crippen LogP contribution in [0.4, 0.5) is 0 Å². The van der Waals surface area contributed by atoms with Crippen molar-refractivity contribution in [2.24, 2.45) is 17.8 Å². The first-order valence-corrected chi connectivity index (χ1v) is 15.9. The van der Waals surface area contributed by atoms with E-state index < -0.39 is 5.60 Å². The van der Waals surface area contributed by atoms with E-state index in [-0.39, 0.29) is 36.7 Å². The Labute approximate surface area is 241 Å². The average molecular weight is 566 g/mol. The van der Waals surface area contributed by atoms with Crippen molar-refractivity contribution in [1.82, 2.24) is 26.2 Å². The Kier molecular flexibility index (Phi) is 12.1. The zero-order valence-electron chi connectivity index (χ0n) is 25.1. The lowest BCUT2D eigenvalue weighted by Crippen LogP contribution is -2.63. The molecule has 230 valence electrons. The highest BCUT2D eigenvalue weighted by Gasteiger charge is 2.34. The highest BCUT2D eigenvalue weighted by molar-refractivity contribution is 5.83. The van der Waals surface area contributed by atoms with E-state index in [2.05, 4.69) is 26.2 Å². The summed E-state index contributed by atoms with van der Waals surface area (Å²) >= 11 is 0. The van der Waals surface area contributed by atoms with Crippen molar-refractivity contribution in [2.45, 2.75) is 115 Å². The maximum Gasteiger partial charge on any atom is 0.325 e. The molecule has 0 aromatic carbocycles. The largest absolute Gasteiger partial charge is 0.459 e. The molecule has 0 spiro atoms. The molecule has 5 N–H and O–H groups in total. The first-order valence-electron chi connectivity index (χ1n) is 15.9. The monoisotopic (exact) mass is 565 g/mol. The number of ether oxygens (including phenoxy) is 2. The zero-order chi connectivity index (χ0) is 28.5. The summed E-state index contributed by atoms with van der Waals surface area (Å²) < 4.78 is 11.5. The van der Waals surface area contributed by atoms with Crippen LogP contribution in [-0.4, -0.2) is 97.9 Å². The Hall–Kier alpha value is -1.30. The molecule has 10 nitrogen and oxygen atoms in total. The first-order chi connectivity index (χ1) is 19.1. The van der Waals surface area contributed by atoms with Gasteiger partial charge in [0, 0.05) is 44.7 Å². The van der Waals surface area contributed by atoms with Gasteiger partial charge in [-0.3, -0.25) is 25.5 Å². The highest BCUT2D eigenvalue weighted by atomic mass is 16.6. The van der Waals surface area contributed by atoms with Gasteiger partial charge in [0.15, 0.2) is 0 Å². The van der Waals surface area contributed by atoms with E-state index >= 15 is 0 Å². The number of aliphatic hydroxyl groups excluding tert-OH is 1. The van der Waals surface area contributed by atoms with Gasteiger partial charge < -0.3 is 24.8 Å². The number of hydrogen-bond donors (Lipinski definition) is 5. The summed E-state index contributed by atoms with van der Waals surface area (Å²) in [6, 6.07) is 0.514. The molecule has 0 unspecified atom stereocenters. The number of rotatable bonds is 10. The second-order valence-electron chi connectivity index (χ2n) is 13.5. The Bertz CT molecular complexity index is 776. The van der Waals surface area contributed by atoms with Gasteiger partial charge in [-0.15, -0.1) is 0 Å². The lowest BCUT2D eigenvalue weighted by atomic mass is 9.75. The molecule has 4 rings (SSSR count). The second-order valence-corrected chi connectivity index (χ2v) is 13.5. The third-order valence-corrected chi connectivity index (χ3v) is 9.20.